The van der Waals surface area contributed by atoms with Gasteiger partial charge in [-0.15, -0.1) is 0 Å². The number of pyridine rings is 1. The number of nitriles is 1. The van der Waals surface area contributed by atoms with E-state index in [1.165, 1.54) is 10.9 Å². The number of nitrogens with one attached hydrogen (secondary N) is 1. The number of benzene rings is 1. The van der Waals surface area contributed by atoms with Crippen molar-refractivity contribution in [1.29, 1.82) is 5.26 Å². The number of hydrogen-bond acceptors (Lipinski definition) is 6. The van der Waals surface area contributed by atoms with Crippen molar-refractivity contribution in [2.45, 2.75) is 25.8 Å². The Morgan fingerprint density at radius 3 is 2.91 bits per heavy atom. The Balaban J connectivity index is 1.56. The third kappa shape index (κ3) is 3.29. The molecule has 2 aliphatic heterocycles. The van der Waals surface area contributed by atoms with Crippen molar-refractivity contribution in [3.05, 3.63) is 72.1 Å². The Kier molecular flexibility index (Phi) is 4.64. The first-order valence-electron chi connectivity index (χ1n) is 10.3. The molecule has 5 rings (SSSR count). The van der Waals surface area contributed by atoms with Crippen LogP contribution in [-0.2, 0) is 9.59 Å². The lowest BCUT2D eigenvalue weighted by molar-refractivity contribution is -0.130. The van der Waals surface area contributed by atoms with E-state index in [2.05, 4.69) is 26.5 Å². The van der Waals surface area contributed by atoms with E-state index in [0.717, 1.165) is 16.5 Å². The number of amidine groups is 1. The van der Waals surface area contributed by atoms with Gasteiger partial charge in [-0.3, -0.25) is 9.59 Å². The number of carbonyl (C=O) groups excluding carboxylic acids is 2. The molecule has 0 bridgehead atoms. The van der Waals surface area contributed by atoms with Crippen molar-refractivity contribution in [2.24, 2.45) is 4.99 Å². The summed E-state index contributed by atoms with van der Waals surface area (Å²) in [5.41, 5.74) is 0.710. The largest absolute Gasteiger partial charge is 0.317 e. The number of para-hydroxylation sites is 1. The first kappa shape index (κ1) is 20.3. The molecule has 1 unspecified atom stereocenters. The average molecular weight is 437 g/mol. The third-order valence-electron chi connectivity index (χ3n) is 5.84. The van der Waals surface area contributed by atoms with E-state index in [1.807, 2.05) is 37.3 Å². The van der Waals surface area contributed by atoms with Crippen LogP contribution in [-0.4, -0.2) is 42.9 Å². The Hall–Kier alpha value is -4.58. The summed E-state index contributed by atoms with van der Waals surface area (Å²) >= 11 is 0. The minimum atomic E-state index is -1.23. The normalized spacial score (nSPS) is 19.2. The number of aromatic nitrogens is 3. The summed E-state index contributed by atoms with van der Waals surface area (Å²) < 4.78 is 1.44. The zero-order valence-electron chi connectivity index (χ0n) is 18.0. The topological polar surface area (TPSA) is 116 Å². The smallest absolute Gasteiger partial charge is 0.252 e. The second-order valence-electron chi connectivity index (χ2n) is 8.08. The number of aryl methyl sites for hydroxylation is 1. The lowest BCUT2D eigenvalue weighted by Crippen LogP contribution is -2.58. The van der Waals surface area contributed by atoms with Crippen LogP contribution in [0, 0.1) is 18.3 Å². The van der Waals surface area contributed by atoms with E-state index < -0.39 is 11.4 Å². The molecule has 1 atom stereocenters. The highest BCUT2D eigenvalue weighted by Crippen LogP contribution is 2.30. The van der Waals surface area contributed by atoms with Gasteiger partial charge < -0.3 is 10.2 Å². The van der Waals surface area contributed by atoms with Crippen LogP contribution in [0.5, 0.6) is 0 Å². The Morgan fingerprint density at radius 1 is 1.27 bits per heavy atom. The van der Waals surface area contributed by atoms with Gasteiger partial charge in [-0.1, -0.05) is 24.3 Å². The molecule has 1 N–H and O–H groups in total. The second kappa shape index (κ2) is 7.53. The number of aliphatic imine (C=N–C) groups is 1. The molecule has 9 nitrogen and oxygen atoms in total. The van der Waals surface area contributed by atoms with Crippen molar-refractivity contribution in [1.82, 2.24) is 19.7 Å². The number of anilines is 1. The molecule has 33 heavy (non-hydrogen) atoms. The van der Waals surface area contributed by atoms with Crippen molar-refractivity contribution in [2.75, 3.05) is 5.32 Å². The highest BCUT2D eigenvalue weighted by atomic mass is 16.2. The maximum atomic E-state index is 13.5. The number of rotatable bonds is 3. The molecule has 4 heterocycles. The Bertz CT molecular complexity index is 1460. The summed E-state index contributed by atoms with van der Waals surface area (Å²) in [6, 6.07) is 11.6. The van der Waals surface area contributed by atoms with Crippen LogP contribution in [0.25, 0.3) is 16.7 Å². The monoisotopic (exact) mass is 437 g/mol. The molecule has 0 saturated heterocycles. The molecule has 1 aromatic carbocycles. The van der Waals surface area contributed by atoms with Gasteiger partial charge in [0, 0.05) is 11.6 Å². The molecule has 2 aromatic heterocycles. The summed E-state index contributed by atoms with van der Waals surface area (Å²) in [7, 11) is 0. The van der Waals surface area contributed by atoms with E-state index >= 15 is 0 Å². The Morgan fingerprint density at radius 2 is 2.09 bits per heavy atom. The standard InChI is InChI=1S/C24H19N7O2/c1-15-11-20(27-18-8-4-3-7-17(15)18)31-22(16(13-25)14-26-31)29-23(33)24(2)12-21(32)28-19-9-5-6-10-30(19)24/h3-11,14H,12H2,1-2H3,(H,29,33). The second-order valence-corrected chi connectivity index (χ2v) is 8.08. The minimum absolute atomic E-state index is 0.107. The maximum Gasteiger partial charge on any atom is 0.252 e. The van der Waals surface area contributed by atoms with Crippen LogP contribution in [0.1, 0.15) is 24.5 Å². The predicted octanol–water partition coefficient (Wildman–Crippen LogP) is 3.01. The van der Waals surface area contributed by atoms with E-state index in [0.29, 0.717) is 11.7 Å². The fraction of sp³-hybridized carbons (Fsp3) is 0.167. The van der Waals surface area contributed by atoms with E-state index in [9.17, 15) is 14.9 Å². The van der Waals surface area contributed by atoms with E-state index in [4.69, 9.17) is 0 Å². The molecular weight excluding hydrogens is 418 g/mol. The van der Waals surface area contributed by atoms with Gasteiger partial charge >= 0.3 is 0 Å². The minimum Gasteiger partial charge on any atom is -0.317 e. The summed E-state index contributed by atoms with van der Waals surface area (Å²) in [5.74, 6) is 0.209. The number of nitrogens with zero attached hydrogens (tertiary/aromatic N) is 6. The van der Waals surface area contributed by atoms with E-state index in [1.54, 1.807) is 36.3 Å². The van der Waals surface area contributed by atoms with Gasteiger partial charge in [-0.05, 0) is 43.7 Å². The molecular formula is C24H19N7O2. The number of amides is 2. The van der Waals surface area contributed by atoms with E-state index in [-0.39, 0.29) is 23.7 Å². The summed E-state index contributed by atoms with van der Waals surface area (Å²) in [5, 5.41) is 17.8. The number of allylic oxidation sites excluding steroid dienone is 2. The van der Waals surface area contributed by atoms with Gasteiger partial charge in [-0.25, -0.2) is 4.98 Å². The quantitative estimate of drug-likeness (QED) is 0.673. The first-order valence-corrected chi connectivity index (χ1v) is 10.3. The molecule has 0 spiro atoms. The van der Waals surface area contributed by atoms with Crippen molar-refractivity contribution in [3.63, 3.8) is 0 Å². The van der Waals surface area contributed by atoms with Gasteiger partial charge in [-0.2, -0.15) is 20.0 Å². The lowest BCUT2D eigenvalue weighted by atomic mass is 9.91. The molecule has 0 saturated carbocycles. The van der Waals surface area contributed by atoms with Crippen LogP contribution < -0.4 is 5.32 Å². The van der Waals surface area contributed by atoms with Gasteiger partial charge in [0.15, 0.2) is 11.6 Å². The molecule has 3 aromatic rings. The fourth-order valence-electron chi connectivity index (χ4n) is 4.09. The number of fused-ring (bicyclic) bond motifs is 2. The van der Waals surface area contributed by atoms with Crippen LogP contribution in [0.2, 0.25) is 0 Å². The first-order chi connectivity index (χ1) is 15.9. The van der Waals surface area contributed by atoms with Gasteiger partial charge in [0.1, 0.15) is 23.0 Å². The third-order valence-corrected chi connectivity index (χ3v) is 5.84. The molecule has 2 aliphatic rings. The zero-order valence-corrected chi connectivity index (χ0v) is 18.0. The van der Waals surface area contributed by atoms with Crippen molar-refractivity contribution in [3.8, 4) is 11.9 Å². The molecule has 162 valence electrons. The summed E-state index contributed by atoms with van der Waals surface area (Å²) in [4.78, 5) is 36.2. The molecule has 2 amide bonds. The zero-order chi connectivity index (χ0) is 23.2. The molecule has 9 heteroatoms. The van der Waals surface area contributed by atoms with Crippen molar-refractivity contribution >= 4 is 34.4 Å². The number of carbonyl (C=O) groups is 2. The van der Waals surface area contributed by atoms with Crippen LogP contribution in [0.4, 0.5) is 5.82 Å². The van der Waals surface area contributed by atoms with Crippen LogP contribution in [0.15, 0.2) is 65.9 Å². The number of hydrogen-bond donors (Lipinski definition) is 1. The predicted molar refractivity (Wildman–Crippen MR) is 123 cm³/mol. The SMILES string of the molecule is Cc1cc(-n2ncc(C#N)c2NC(=O)C2(C)CC(=O)N=C3C=CC=CN32)nc2ccccc12. The van der Waals surface area contributed by atoms with Gasteiger partial charge in [0.05, 0.1) is 18.1 Å². The molecule has 0 fully saturated rings. The summed E-state index contributed by atoms with van der Waals surface area (Å²) in [6.45, 7) is 3.63. The summed E-state index contributed by atoms with van der Waals surface area (Å²) in [6.07, 6.45) is 8.18. The average Bonchev–Trinajstić information content (AvgIpc) is 3.21. The highest BCUT2D eigenvalue weighted by molar-refractivity contribution is 6.12. The lowest BCUT2D eigenvalue weighted by Gasteiger charge is -2.41. The highest BCUT2D eigenvalue weighted by Gasteiger charge is 2.45. The van der Waals surface area contributed by atoms with Crippen LogP contribution in [0.3, 0.4) is 0 Å². The van der Waals surface area contributed by atoms with Crippen molar-refractivity contribution < 1.29 is 9.59 Å². The van der Waals surface area contributed by atoms with Gasteiger partial charge in [0.25, 0.3) is 11.8 Å². The fourth-order valence-corrected chi connectivity index (χ4v) is 4.09. The van der Waals surface area contributed by atoms with Crippen LogP contribution >= 0.6 is 0 Å². The molecule has 0 aliphatic carbocycles. The Labute approximate surface area is 189 Å². The molecule has 0 radical (unpaired) electrons. The van der Waals surface area contributed by atoms with Gasteiger partial charge in [0.2, 0.25) is 0 Å². The maximum absolute atomic E-state index is 13.5.